The first kappa shape index (κ1) is 13.7. The molecular formula is C14H16BrFO2. The number of hydrogen-bond donors (Lipinski definition) is 1. The summed E-state index contributed by atoms with van der Waals surface area (Å²) >= 11 is 3.06. The number of aliphatic hydroxyl groups is 1. The van der Waals surface area contributed by atoms with Crippen LogP contribution < -0.4 is 0 Å². The zero-order chi connectivity index (χ0) is 13.2. The van der Waals surface area contributed by atoms with E-state index in [-0.39, 0.29) is 10.0 Å². The first-order valence-electron chi connectivity index (χ1n) is 6.26. The lowest BCUT2D eigenvalue weighted by molar-refractivity contribution is 0.0234. The van der Waals surface area contributed by atoms with Crippen molar-refractivity contribution in [2.24, 2.45) is 0 Å². The Morgan fingerprint density at radius 1 is 1.22 bits per heavy atom. The molecule has 4 heteroatoms. The van der Waals surface area contributed by atoms with Crippen LogP contribution in [0, 0.1) is 5.82 Å². The Hall–Kier alpha value is -0.740. The average Bonchev–Trinajstić information content (AvgIpc) is 2.58. The van der Waals surface area contributed by atoms with Crippen molar-refractivity contribution >= 4 is 21.7 Å². The van der Waals surface area contributed by atoms with E-state index in [4.69, 9.17) is 0 Å². The van der Waals surface area contributed by atoms with Gasteiger partial charge in [-0.3, -0.25) is 4.79 Å². The van der Waals surface area contributed by atoms with Crippen LogP contribution in [0.25, 0.3) is 0 Å². The van der Waals surface area contributed by atoms with Crippen molar-refractivity contribution < 1.29 is 14.3 Å². The predicted octanol–water partition coefficient (Wildman–Crippen LogP) is 3.86. The molecule has 0 saturated heterocycles. The standard InChI is InChI=1S/C14H16BrFO2/c15-11-7-5-6-10(12(11)16)13(17)14(18)8-3-1-2-4-9-14/h5-7,18H,1-4,8-9H2. The number of rotatable bonds is 2. The lowest BCUT2D eigenvalue weighted by atomic mass is 9.86. The Morgan fingerprint density at radius 2 is 1.83 bits per heavy atom. The van der Waals surface area contributed by atoms with E-state index in [1.54, 1.807) is 12.1 Å². The summed E-state index contributed by atoms with van der Waals surface area (Å²) in [7, 11) is 0. The molecule has 2 rings (SSSR count). The van der Waals surface area contributed by atoms with Gasteiger partial charge >= 0.3 is 0 Å². The van der Waals surface area contributed by atoms with Crippen LogP contribution in [-0.2, 0) is 0 Å². The molecule has 1 aliphatic carbocycles. The summed E-state index contributed by atoms with van der Waals surface area (Å²) in [5.41, 5.74) is -1.41. The molecule has 0 unspecified atom stereocenters. The number of carbonyl (C=O) groups excluding carboxylic acids is 1. The summed E-state index contributed by atoms with van der Waals surface area (Å²) in [5, 5.41) is 10.5. The summed E-state index contributed by atoms with van der Waals surface area (Å²) < 4.78 is 14.2. The summed E-state index contributed by atoms with van der Waals surface area (Å²) in [4.78, 5) is 12.3. The highest BCUT2D eigenvalue weighted by Gasteiger charge is 2.37. The van der Waals surface area contributed by atoms with E-state index < -0.39 is 17.2 Å². The van der Waals surface area contributed by atoms with E-state index >= 15 is 0 Å². The first-order chi connectivity index (χ1) is 8.54. The minimum Gasteiger partial charge on any atom is -0.382 e. The van der Waals surface area contributed by atoms with Crippen molar-refractivity contribution in [2.75, 3.05) is 0 Å². The Morgan fingerprint density at radius 3 is 2.44 bits per heavy atom. The van der Waals surface area contributed by atoms with Gasteiger partial charge in [0.2, 0.25) is 0 Å². The maximum atomic E-state index is 13.9. The van der Waals surface area contributed by atoms with Crippen LogP contribution in [0.3, 0.4) is 0 Å². The lowest BCUT2D eigenvalue weighted by Gasteiger charge is -2.25. The summed E-state index contributed by atoms with van der Waals surface area (Å²) in [6, 6.07) is 4.59. The molecule has 1 fully saturated rings. The SMILES string of the molecule is O=C(c1cccc(Br)c1F)C1(O)CCCCCC1. The quantitative estimate of drug-likeness (QED) is 0.665. The second-order valence-corrected chi connectivity index (χ2v) is 5.73. The number of Topliss-reactive ketones (excluding diaryl/α,β-unsaturated/α-hetero) is 1. The number of benzene rings is 1. The Kier molecular flexibility index (Phi) is 4.17. The fourth-order valence-corrected chi connectivity index (χ4v) is 2.84. The maximum Gasteiger partial charge on any atom is 0.197 e. The van der Waals surface area contributed by atoms with Crippen LogP contribution in [0.4, 0.5) is 4.39 Å². The second-order valence-electron chi connectivity index (χ2n) is 4.88. The van der Waals surface area contributed by atoms with Crippen LogP contribution in [0.5, 0.6) is 0 Å². The van der Waals surface area contributed by atoms with Gasteiger partial charge in [0.15, 0.2) is 5.78 Å². The molecule has 0 radical (unpaired) electrons. The zero-order valence-electron chi connectivity index (χ0n) is 10.1. The smallest absolute Gasteiger partial charge is 0.197 e. The van der Waals surface area contributed by atoms with Gasteiger partial charge in [-0.25, -0.2) is 4.39 Å². The van der Waals surface area contributed by atoms with E-state index in [1.807, 2.05) is 0 Å². The number of hydrogen-bond acceptors (Lipinski definition) is 2. The molecule has 1 aromatic carbocycles. The molecule has 0 spiro atoms. The minimum atomic E-state index is -1.39. The van der Waals surface area contributed by atoms with Gasteiger partial charge in [-0.05, 0) is 40.9 Å². The molecule has 98 valence electrons. The molecule has 0 heterocycles. The molecular weight excluding hydrogens is 299 g/mol. The zero-order valence-corrected chi connectivity index (χ0v) is 11.7. The molecule has 0 aliphatic heterocycles. The molecule has 1 N–H and O–H groups in total. The third-order valence-corrected chi connectivity index (χ3v) is 4.16. The predicted molar refractivity (Wildman–Crippen MR) is 71.1 cm³/mol. The third-order valence-electron chi connectivity index (χ3n) is 3.55. The van der Waals surface area contributed by atoms with E-state index in [9.17, 15) is 14.3 Å². The molecule has 0 amide bonds. The van der Waals surface area contributed by atoms with Gasteiger partial charge in [0, 0.05) is 0 Å². The fraction of sp³-hybridized carbons (Fsp3) is 0.500. The third kappa shape index (κ3) is 2.64. The highest BCUT2D eigenvalue weighted by Crippen LogP contribution is 2.32. The number of carbonyl (C=O) groups is 1. The van der Waals surface area contributed by atoms with E-state index in [0.717, 1.165) is 25.7 Å². The topological polar surface area (TPSA) is 37.3 Å². The number of halogens is 2. The molecule has 18 heavy (non-hydrogen) atoms. The summed E-state index contributed by atoms with van der Waals surface area (Å²) in [6.07, 6.45) is 4.54. The molecule has 0 bridgehead atoms. The van der Waals surface area contributed by atoms with Crippen LogP contribution in [0.15, 0.2) is 22.7 Å². The van der Waals surface area contributed by atoms with Gasteiger partial charge in [0.1, 0.15) is 11.4 Å². The van der Waals surface area contributed by atoms with Crippen molar-refractivity contribution in [1.29, 1.82) is 0 Å². The van der Waals surface area contributed by atoms with Gasteiger partial charge in [-0.15, -0.1) is 0 Å². The van der Waals surface area contributed by atoms with Crippen molar-refractivity contribution in [3.05, 3.63) is 34.1 Å². The Bertz CT molecular complexity index is 451. The monoisotopic (exact) mass is 314 g/mol. The van der Waals surface area contributed by atoms with Gasteiger partial charge in [-0.1, -0.05) is 31.7 Å². The van der Waals surface area contributed by atoms with E-state index in [1.165, 1.54) is 6.07 Å². The largest absolute Gasteiger partial charge is 0.382 e. The first-order valence-corrected chi connectivity index (χ1v) is 7.05. The molecule has 1 aliphatic rings. The summed E-state index contributed by atoms with van der Waals surface area (Å²) in [6.45, 7) is 0. The molecule has 0 atom stereocenters. The normalized spacial score (nSPS) is 19.3. The molecule has 0 aromatic heterocycles. The minimum absolute atomic E-state index is 0.0197. The molecule has 1 aromatic rings. The van der Waals surface area contributed by atoms with Crippen molar-refractivity contribution in [1.82, 2.24) is 0 Å². The van der Waals surface area contributed by atoms with Crippen LogP contribution >= 0.6 is 15.9 Å². The lowest BCUT2D eigenvalue weighted by Crippen LogP contribution is -2.38. The van der Waals surface area contributed by atoms with Gasteiger partial charge < -0.3 is 5.11 Å². The van der Waals surface area contributed by atoms with Gasteiger partial charge in [0.25, 0.3) is 0 Å². The van der Waals surface area contributed by atoms with Crippen LogP contribution in [0.1, 0.15) is 48.9 Å². The van der Waals surface area contributed by atoms with Gasteiger partial charge in [-0.2, -0.15) is 0 Å². The van der Waals surface area contributed by atoms with E-state index in [2.05, 4.69) is 15.9 Å². The van der Waals surface area contributed by atoms with Crippen molar-refractivity contribution in [3.63, 3.8) is 0 Å². The highest BCUT2D eigenvalue weighted by atomic mass is 79.9. The average molecular weight is 315 g/mol. The number of ketones is 1. The highest BCUT2D eigenvalue weighted by molar-refractivity contribution is 9.10. The van der Waals surface area contributed by atoms with Gasteiger partial charge in [0.05, 0.1) is 10.0 Å². The van der Waals surface area contributed by atoms with Crippen LogP contribution in [0.2, 0.25) is 0 Å². The van der Waals surface area contributed by atoms with Crippen LogP contribution in [-0.4, -0.2) is 16.5 Å². The Balaban J connectivity index is 2.32. The molecule has 2 nitrogen and oxygen atoms in total. The summed E-state index contributed by atoms with van der Waals surface area (Å²) in [5.74, 6) is -1.07. The van der Waals surface area contributed by atoms with Crippen molar-refractivity contribution in [2.45, 2.75) is 44.1 Å². The second kappa shape index (κ2) is 5.49. The Labute approximate surface area is 114 Å². The fourth-order valence-electron chi connectivity index (χ4n) is 2.47. The maximum absolute atomic E-state index is 13.9. The van der Waals surface area contributed by atoms with Crippen molar-refractivity contribution in [3.8, 4) is 0 Å². The molecule has 1 saturated carbocycles. The van der Waals surface area contributed by atoms with E-state index in [0.29, 0.717) is 12.8 Å².